The van der Waals surface area contributed by atoms with Crippen LogP contribution in [-0.4, -0.2) is 145 Å². The zero-order chi connectivity index (χ0) is 88.7. The van der Waals surface area contributed by atoms with E-state index >= 15 is 0 Å². The first kappa shape index (κ1) is 97.8. The highest BCUT2D eigenvalue weighted by Gasteiger charge is 2.19. The van der Waals surface area contributed by atoms with Gasteiger partial charge in [0.05, 0.1) is 52.9 Å². The van der Waals surface area contributed by atoms with Crippen molar-refractivity contribution in [2.24, 2.45) is 10.3 Å². The highest BCUT2D eigenvalue weighted by molar-refractivity contribution is 9.09. The van der Waals surface area contributed by atoms with E-state index in [1.165, 1.54) is 12.3 Å². The van der Waals surface area contributed by atoms with Crippen LogP contribution in [0.15, 0.2) is 290 Å². The van der Waals surface area contributed by atoms with Crippen molar-refractivity contribution in [2.75, 3.05) is 52.7 Å². The minimum atomic E-state index is -0.988. The predicted octanol–water partition coefficient (Wildman–Crippen LogP) is 19.8. The second-order valence-corrected chi connectivity index (χ2v) is 27.6. The number of carboxylic acid groups (broad SMARTS) is 1. The number of nitrogens with one attached hydrogen (secondary N) is 1. The Labute approximate surface area is 714 Å². The van der Waals surface area contributed by atoms with Crippen molar-refractivity contribution < 1.29 is 95.3 Å². The van der Waals surface area contributed by atoms with Gasteiger partial charge in [-0.1, -0.05) is 110 Å². The number of anilines is 1. The van der Waals surface area contributed by atoms with Gasteiger partial charge in [0, 0.05) is 73.5 Å². The molecule has 0 spiro atoms. The van der Waals surface area contributed by atoms with E-state index in [2.05, 4.69) is 47.0 Å². The molecule has 0 aliphatic heterocycles. The Bertz CT molecular complexity index is 5420. The summed E-state index contributed by atoms with van der Waals surface area (Å²) in [6.07, 6.45) is 3.13. The van der Waals surface area contributed by atoms with E-state index in [9.17, 15) is 33.1 Å². The average Bonchev–Trinajstić information content (AvgIpc) is 1.68. The number of allylic oxidation sites excluding steroid dienone is 1. The summed E-state index contributed by atoms with van der Waals surface area (Å²) in [5, 5.41) is 58.2. The van der Waals surface area contributed by atoms with Crippen molar-refractivity contribution in [2.45, 2.75) is 65.6 Å². The number of phenols is 1. The van der Waals surface area contributed by atoms with E-state index in [0.717, 1.165) is 102 Å². The Morgan fingerprint density at radius 2 is 0.917 bits per heavy atom. The van der Waals surface area contributed by atoms with Gasteiger partial charge in [0.2, 0.25) is 0 Å². The summed E-state index contributed by atoms with van der Waals surface area (Å²) in [6, 6.07) is 72.5. The highest BCUT2D eigenvalue weighted by atomic mass is 79.9. The number of carbonyl (C=O) groups excluding carboxylic acids is 3. The molecule has 1 amide bonds. The van der Waals surface area contributed by atoms with Crippen molar-refractivity contribution in [1.82, 2.24) is 20.8 Å². The number of carboxylic acids is 1. The number of benzene rings is 10. The number of halogens is 4. The van der Waals surface area contributed by atoms with E-state index in [-0.39, 0.29) is 55.3 Å². The average molecular weight is 1740 g/mol. The van der Waals surface area contributed by atoms with Crippen molar-refractivity contribution >= 4 is 117 Å². The minimum Gasteiger partial charge on any atom is -0.508 e. The van der Waals surface area contributed by atoms with Gasteiger partial charge < -0.3 is 78.4 Å². The summed E-state index contributed by atoms with van der Waals surface area (Å²) in [6.45, 7) is 10.7. The lowest BCUT2D eigenvalue weighted by Crippen LogP contribution is -2.34. The number of hydrogen-bond acceptors (Lipinski definition) is 23. The van der Waals surface area contributed by atoms with Crippen LogP contribution in [0.2, 0.25) is 0 Å². The van der Waals surface area contributed by atoms with Gasteiger partial charge in [-0.2, -0.15) is 7.74 Å². The van der Waals surface area contributed by atoms with Crippen LogP contribution in [0, 0.1) is 0 Å². The molecule has 0 fully saturated rings. The van der Waals surface area contributed by atoms with E-state index in [1.54, 1.807) is 185 Å². The molecule has 632 valence electrons. The summed E-state index contributed by atoms with van der Waals surface area (Å²) in [5.41, 5.74) is 15.3. The number of esters is 1. The number of nitrogen functional groups attached to an aromatic ring is 1. The fraction of sp³-hybridized carbons (Fsp3) is 0.189. The monoisotopic (exact) mass is 1730 g/mol. The van der Waals surface area contributed by atoms with Crippen LogP contribution in [0.1, 0.15) is 86.2 Å². The lowest BCUT2D eigenvalue weighted by atomic mass is 9.81. The largest absolute Gasteiger partial charge is 0.508 e. The number of rotatable bonds is 20. The highest BCUT2D eigenvalue weighted by Crippen LogP contribution is 2.32. The van der Waals surface area contributed by atoms with Crippen LogP contribution in [0.3, 0.4) is 0 Å². The predicted molar refractivity (Wildman–Crippen MR) is 475 cm³/mol. The van der Waals surface area contributed by atoms with Crippen molar-refractivity contribution in [3.05, 3.63) is 289 Å². The molecule has 3 aromatic heterocycles. The molecule has 25 nitrogen and oxygen atoms in total. The first-order valence-electron chi connectivity index (χ1n) is 36.2. The maximum atomic E-state index is 13.1. The topological polar surface area (TPSA) is 355 Å². The summed E-state index contributed by atoms with van der Waals surface area (Å²) in [5.74, 6) is 2.67. The fourth-order valence-corrected chi connectivity index (χ4v) is 10.4. The molecule has 3 heterocycles. The van der Waals surface area contributed by atoms with Gasteiger partial charge >= 0.3 is 18.0 Å². The Morgan fingerprint density at radius 3 is 1.28 bits per heavy atom. The molecule has 10 aromatic carbocycles. The number of fused-ring (bicyclic) bond motifs is 3. The molecule has 13 rings (SSSR count). The molecule has 13 aromatic rings. The van der Waals surface area contributed by atoms with Crippen LogP contribution in [0.4, 0.5) is 19.3 Å². The Morgan fingerprint density at radius 1 is 0.537 bits per heavy atom. The number of aldehydes is 1. The van der Waals surface area contributed by atoms with Crippen molar-refractivity contribution in [3.63, 3.8) is 0 Å². The SMILES string of the molecule is CC(C)(C)OC(=O)CC/C(=C\F)CBr.CC(C)(C)OC(=O)NC/C(=C\F)COc1ccc(-c2noc3ccccc23)cc1.COc1ccc(-c2noc3ccccc23)cc1.COc1ccc(C(Cl)=NO)cc1.COc1ccc(C=NO)cc1.COc1ccc(C=O)cc1.Nc1ccccc1C(=O)O.Oc1ccc(-c2noc3ccccc23)cc1.[B][BH3-]. The molecule has 0 saturated heterocycles. The number of alkyl carbamates (subject to hydrolysis) is 1. The van der Waals surface area contributed by atoms with E-state index in [0.29, 0.717) is 52.5 Å². The molecule has 31 heteroatoms. The first-order chi connectivity index (χ1) is 58.2. The summed E-state index contributed by atoms with van der Waals surface area (Å²) < 4.78 is 76.7. The van der Waals surface area contributed by atoms with Crippen LogP contribution in [0.25, 0.3) is 66.7 Å². The molecule has 0 unspecified atom stereocenters. The fourth-order valence-electron chi connectivity index (χ4n) is 9.88. The van der Waals surface area contributed by atoms with Crippen molar-refractivity contribution in [1.29, 1.82) is 0 Å². The molecule has 2 radical (unpaired) electrons. The lowest BCUT2D eigenvalue weighted by Gasteiger charge is -2.20. The van der Waals surface area contributed by atoms with Gasteiger partial charge in [0.25, 0.3) is 0 Å². The zero-order valence-electron chi connectivity index (χ0n) is 67.3. The number of ether oxygens (including phenoxy) is 7. The number of methoxy groups -OCH3 is 4. The molecule has 0 aliphatic carbocycles. The molecule has 121 heavy (non-hydrogen) atoms. The van der Waals surface area contributed by atoms with Gasteiger partial charge in [-0.05, 0) is 253 Å². The molecular formula is C90H94B2BrClF2N7O18-. The van der Waals surface area contributed by atoms with E-state index in [1.807, 2.05) is 121 Å². The minimum absolute atomic E-state index is 0.00145. The molecule has 7 N–H and O–H groups in total. The van der Waals surface area contributed by atoms with Gasteiger partial charge in [0.15, 0.2) is 21.9 Å². The Balaban J connectivity index is 0.000000252. The lowest BCUT2D eigenvalue weighted by molar-refractivity contribution is -0.154. The normalized spacial score (nSPS) is 10.9. The third-order valence-corrected chi connectivity index (χ3v) is 16.8. The molecule has 0 aliphatic rings. The second-order valence-electron chi connectivity index (χ2n) is 26.7. The van der Waals surface area contributed by atoms with Crippen LogP contribution in [0.5, 0.6) is 34.5 Å². The zero-order valence-corrected chi connectivity index (χ0v) is 69.7. The quantitative estimate of drug-likeness (QED) is 0.00603. The summed E-state index contributed by atoms with van der Waals surface area (Å²) >= 11 is 8.67. The van der Waals surface area contributed by atoms with E-state index < -0.39 is 23.3 Å². The van der Waals surface area contributed by atoms with E-state index in [4.69, 9.17) is 87.3 Å². The molecule has 0 saturated carbocycles. The Kier molecular flexibility index (Phi) is 42.2. The van der Waals surface area contributed by atoms with Gasteiger partial charge in [-0.3, -0.25) is 9.59 Å². The number of phenolic OH excluding ortho intramolecular Hbond substituents is 1. The van der Waals surface area contributed by atoms with Gasteiger partial charge in [-0.15, -0.1) is 0 Å². The number of nitrogens with zero attached hydrogens (tertiary/aromatic N) is 5. The first-order valence-corrected chi connectivity index (χ1v) is 37.7. The summed E-state index contributed by atoms with van der Waals surface area (Å²) in [7, 11) is 11.4. The number of aromatic hydroxyl groups is 1. The second kappa shape index (κ2) is 52.2. The number of para-hydroxylation sites is 4. The van der Waals surface area contributed by atoms with Crippen LogP contribution >= 0.6 is 27.5 Å². The number of carbonyl (C=O) groups is 4. The maximum Gasteiger partial charge on any atom is 0.407 e. The standard InChI is InChI=1S/C22H23FN2O4.C14H11NO2.C13H9NO2.C10H16BrFO2.C8H8ClNO2.C8H9NO2.C8H8O2.C7H7NO2.B2H3/c1-22(2,3)28-21(26)24-13-15(12-23)14-27-17-10-8-16(9-11-17)20-18-6-4-5-7-19(18)29-25-20;1-16-11-8-6-10(7-9-11)14-12-4-2-3-5-13(12)17-15-14;15-10-7-5-9(6-8-10)13-11-3-1-2-4-12(11)16-14-13;1-10(2,3)14-9(13)5-4-8(6-11)7-12;1-12-7-4-2-6(3-5-7)8(9)10-11;1-11-8-4-2-7(3-5-8)6-9-10;1-10-8-4-2-7(6-9)3-5-8;8-6-4-2-1-3-5(6)7(9)10;1-2/h4-12H,13-14H2,1-3H3,(H,24,26);2-9H,1H3;1-8,15H;7H,4-6H2,1-3H3;2-5,11H,1H3;2-6,10H,1H3;2-6H,1H3;1-4H,8H2,(H,9,10);1H3/q;;;;;;;;-1/b15-12+;;;8-7+;;;;;. The molecule has 0 atom stereocenters. The van der Waals surface area contributed by atoms with Crippen molar-refractivity contribution in [3.8, 4) is 68.3 Å². The Hall–Kier alpha value is -13.7. The number of oxime groups is 2. The third kappa shape index (κ3) is 34.4. The number of nitrogens with two attached hydrogens (primary N) is 1. The number of amides is 1. The van der Waals surface area contributed by atoms with Crippen LogP contribution < -0.4 is 34.7 Å². The summed E-state index contributed by atoms with van der Waals surface area (Å²) in [4.78, 5) is 43.4. The molecular weight excluding hydrogens is 1640 g/mol. The number of aromatic carboxylic acids is 1. The third-order valence-electron chi connectivity index (χ3n) is 15.8. The number of aromatic nitrogens is 3. The van der Waals surface area contributed by atoms with Gasteiger partial charge in [0.1, 0.15) is 75.7 Å². The van der Waals surface area contributed by atoms with Gasteiger partial charge in [-0.25, -0.2) is 18.4 Å². The van der Waals surface area contributed by atoms with Crippen LogP contribution in [-0.2, 0) is 14.3 Å². The number of hydrogen-bond donors (Lipinski definition) is 6. The number of alkyl halides is 1. The maximum absolute atomic E-state index is 13.1. The molecule has 0 bridgehead atoms. The smallest absolute Gasteiger partial charge is 0.407 e.